The summed E-state index contributed by atoms with van der Waals surface area (Å²) in [5.74, 6) is 0.587. The summed E-state index contributed by atoms with van der Waals surface area (Å²) >= 11 is 0. The molecule has 0 saturated carbocycles. The number of anilines is 1. The van der Waals surface area contributed by atoms with Crippen LogP contribution in [-0.2, 0) is 4.79 Å². The molecule has 0 bridgehead atoms. The number of benzene rings is 1. The number of nitrogens with one attached hydrogen (secondary N) is 2. The van der Waals surface area contributed by atoms with Crippen molar-refractivity contribution in [1.82, 2.24) is 5.32 Å². The molecule has 0 fully saturated rings. The molecule has 110 valence electrons. The van der Waals surface area contributed by atoms with Crippen molar-refractivity contribution < 1.29 is 18.7 Å². The predicted octanol–water partition coefficient (Wildman–Crippen LogP) is 1.97. The molecule has 1 heterocycles. The van der Waals surface area contributed by atoms with Crippen LogP contribution < -0.4 is 15.4 Å². The van der Waals surface area contributed by atoms with Crippen LogP contribution in [-0.4, -0.2) is 25.5 Å². The molecule has 6 heteroatoms. The van der Waals surface area contributed by atoms with Crippen molar-refractivity contribution in [3.05, 3.63) is 47.9 Å². The second kappa shape index (κ2) is 6.60. The number of ether oxygens (including phenoxy) is 1. The zero-order valence-electron chi connectivity index (χ0n) is 11.8. The normalized spacial score (nSPS) is 10.0. The third-order valence-corrected chi connectivity index (χ3v) is 2.75. The number of carbonyl (C=O) groups excluding carboxylic acids is 2. The molecule has 0 aliphatic rings. The highest BCUT2D eigenvalue weighted by Crippen LogP contribution is 2.22. The van der Waals surface area contributed by atoms with Gasteiger partial charge in [-0.1, -0.05) is 12.1 Å². The third-order valence-electron chi connectivity index (χ3n) is 2.75. The molecular formula is C15H16N2O4. The number of methoxy groups -OCH3 is 1. The first-order valence-electron chi connectivity index (χ1n) is 6.37. The van der Waals surface area contributed by atoms with E-state index >= 15 is 0 Å². The second-order valence-electron chi connectivity index (χ2n) is 4.34. The summed E-state index contributed by atoms with van der Waals surface area (Å²) in [5, 5.41) is 5.15. The van der Waals surface area contributed by atoms with Gasteiger partial charge in [-0.15, -0.1) is 0 Å². The summed E-state index contributed by atoms with van der Waals surface area (Å²) < 4.78 is 10.3. The van der Waals surface area contributed by atoms with Crippen LogP contribution in [0.2, 0.25) is 0 Å². The maximum absolute atomic E-state index is 11.8. The molecule has 0 saturated heterocycles. The van der Waals surface area contributed by atoms with Crippen molar-refractivity contribution in [2.45, 2.75) is 6.92 Å². The zero-order chi connectivity index (χ0) is 15.2. The standard InChI is InChI=1S/C15H16N2O4/c1-10-7-8-13(21-10)15(19)16-9-14(18)17-11-5-3-4-6-12(11)20-2/h3-8H,9H2,1-2H3,(H,16,19)(H,17,18). The van der Waals surface area contributed by atoms with Crippen LogP contribution in [0.5, 0.6) is 5.75 Å². The van der Waals surface area contributed by atoms with Gasteiger partial charge in [0.15, 0.2) is 5.76 Å². The average Bonchev–Trinajstić information content (AvgIpc) is 2.92. The molecule has 0 spiro atoms. The minimum absolute atomic E-state index is 0.156. The number of rotatable bonds is 5. The quantitative estimate of drug-likeness (QED) is 0.881. The van der Waals surface area contributed by atoms with Crippen LogP contribution in [0.4, 0.5) is 5.69 Å². The van der Waals surface area contributed by atoms with E-state index in [-0.39, 0.29) is 18.2 Å². The van der Waals surface area contributed by atoms with Gasteiger partial charge >= 0.3 is 0 Å². The number of hydrogen-bond donors (Lipinski definition) is 2. The van der Waals surface area contributed by atoms with Crippen molar-refractivity contribution >= 4 is 17.5 Å². The van der Waals surface area contributed by atoms with Crippen LogP contribution in [0.3, 0.4) is 0 Å². The van der Waals surface area contributed by atoms with E-state index in [2.05, 4.69) is 10.6 Å². The summed E-state index contributed by atoms with van der Waals surface area (Å²) in [7, 11) is 1.52. The highest BCUT2D eigenvalue weighted by Gasteiger charge is 2.12. The fourth-order valence-electron chi connectivity index (χ4n) is 1.75. The van der Waals surface area contributed by atoms with E-state index in [1.165, 1.54) is 7.11 Å². The lowest BCUT2D eigenvalue weighted by Crippen LogP contribution is -2.32. The summed E-state index contributed by atoms with van der Waals surface area (Å²) in [5.41, 5.74) is 0.549. The lowest BCUT2D eigenvalue weighted by molar-refractivity contribution is -0.115. The van der Waals surface area contributed by atoms with Gasteiger partial charge < -0.3 is 19.8 Å². The molecule has 1 aromatic heterocycles. The average molecular weight is 288 g/mol. The third kappa shape index (κ3) is 3.85. The smallest absolute Gasteiger partial charge is 0.287 e. The highest BCUT2D eigenvalue weighted by molar-refractivity contribution is 5.98. The Morgan fingerprint density at radius 1 is 1.19 bits per heavy atom. The maximum atomic E-state index is 11.8. The summed E-state index contributed by atoms with van der Waals surface area (Å²) in [6, 6.07) is 10.3. The molecule has 0 aliphatic heterocycles. The Bertz CT molecular complexity index is 649. The van der Waals surface area contributed by atoms with E-state index in [1.807, 2.05) is 0 Å². The van der Waals surface area contributed by atoms with Gasteiger partial charge in [0.2, 0.25) is 5.91 Å². The molecule has 0 atom stereocenters. The van der Waals surface area contributed by atoms with Crippen molar-refractivity contribution in [1.29, 1.82) is 0 Å². The van der Waals surface area contributed by atoms with E-state index in [9.17, 15) is 9.59 Å². The van der Waals surface area contributed by atoms with Gasteiger partial charge in [-0.3, -0.25) is 9.59 Å². The molecule has 0 unspecified atom stereocenters. The SMILES string of the molecule is COc1ccccc1NC(=O)CNC(=O)c1ccc(C)o1. The van der Waals surface area contributed by atoms with Gasteiger partial charge in [0, 0.05) is 0 Å². The van der Waals surface area contributed by atoms with Gasteiger partial charge in [0.1, 0.15) is 11.5 Å². The van der Waals surface area contributed by atoms with Crippen LogP contribution >= 0.6 is 0 Å². The summed E-state index contributed by atoms with van der Waals surface area (Å²) in [4.78, 5) is 23.5. The van der Waals surface area contributed by atoms with Crippen molar-refractivity contribution in [2.24, 2.45) is 0 Å². The Morgan fingerprint density at radius 2 is 1.95 bits per heavy atom. The molecular weight excluding hydrogens is 272 g/mol. The number of amides is 2. The van der Waals surface area contributed by atoms with E-state index in [1.54, 1.807) is 43.3 Å². The number of aryl methyl sites for hydroxylation is 1. The highest BCUT2D eigenvalue weighted by atomic mass is 16.5. The van der Waals surface area contributed by atoms with E-state index in [0.29, 0.717) is 17.2 Å². The number of hydrogen-bond acceptors (Lipinski definition) is 4. The molecule has 2 amide bonds. The number of carbonyl (C=O) groups is 2. The van der Waals surface area contributed by atoms with Crippen LogP contribution in [0.15, 0.2) is 40.8 Å². The molecule has 2 rings (SSSR count). The Labute approximate surface area is 122 Å². The minimum Gasteiger partial charge on any atom is -0.495 e. The maximum Gasteiger partial charge on any atom is 0.287 e. The zero-order valence-corrected chi connectivity index (χ0v) is 11.8. The fourth-order valence-corrected chi connectivity index (χ4v) is 1.75. The second-order valence-corrected chi connectivity index (χ2v) is 4.34. The van der Waals surface area contributed by atoms with Crippen LogP contribution in [0.1, 0.15) is 16.3 Å². The first-order chi connectivity index (χ1) is 10.1. The Balaban J connectivity index is 1.89. The van der Waals surface area contributed by atoms with Crippen molar-refractivity contribution in [3.8, 4) is 5.75 Å². The summed E-state index contributed by atoms with van der Waals surface area (Å²) in [6.45, 7) is 1.59. The first-order valence-corrected chi connectivity index (χ1v) is 6.37. The number of para-hydroxylation sites is 2. The Kier molecular flexibility index (Phi) is 4.61. The van der Waals surface area contributed by atoms with Gasteiger partial charge in [-0.05, 0) is 31.2 Å². The topological polar surface area (TPSA) is 80.6 Å². The largest absolute Gasteiger partial charge is 0.495 e. The Hall–Kier alpha value is -2.76. The van der Waals surface area contributed by atoms with Gasteiger partial charge in [-0.25, -0.2) is 0 Å². The number of furan rings is 1. The van der Waals surface area contributed by atoms with Crippen LogP contribution in [0.25, 0.3) is 0 Å². The van der Waals surface area contributed by atoms with Crippen molar-refractivity contribution in [2.75, 3.05) is 19.0 Å². The molecule has 0 aliphatic carbocycles. The summed E-state index contributed by atoms with van der Waals surface area (Å²) in [6.07, 6.45) is 0. The molecule has 21 heavy (non-hydrogen) atoms. The fraction of sp³-hybridized carbons (Fsp3) is 0.200. The minimum atomic E-state index is -0.432. The van der Waals surface area contributed by atoms with Gasteiger partial charge in [0.25, 0.3) is 5.91 Å². The molecule has 1 aromatic carbocycles. The predicted molar refractivity (Wildman–Crippen MR) is 77.4 cm³/mol. The molecule has 6 nitrogen and oxygen atoms in total. The molecule has 0 radical (unpaired) electrons. The van der Waals surface area contributed by atoms with Crippen molar-refractivity contribution in [3.63, 3.8) is 0 Å². The van der Waals surface area contributed by atoms with E-state index in [4.69, 9.17) is 9.15 Å². The monoisotopic (exact) mass is 288 g/mol. The Morgan fingerprint density at radius 3 is 2.62 bits per heavy atom. The van der Waals surface area contributed by atoms with E-state index in [0.717, 1.165) is 0 Å². The molecule has 2 aromatic rings. The van der Waals surface area contributed by atoms with E-state index < -0.39 is 5.91 Å². The lowest BCUT2D eigenvalue weighted by Gasteiger charge is -2.09. The molecule has 2 N–H and O–H groups in total. The first kappa shape index (κ1) is 14.6. The van der Waals surface area contributed by atoms with Crippen LogP contribution in [0, 0.1) is 6.92 Å². The lowest BCUT2D eigenvalue weighted by atomic mass is 10.3. The van der Waals surface area contributed by atoms with Gasteiger partial charge in [0.05, 0.1) is 19.3 Å². The van der Waals surface area contributed by atoms with Gasteiger partial charge in [-0.2, -0.15) is 0 Å².